The van der Waals surface area contributed by atoms with E-state index in [0.29, 0.717) is 6.61 Å². The number of hydrogen-bond donors (Lipinski definition) is 1. The van der Waals surface area contributed by atoms with E-state index < -0.39 is 0 Å². The highest BCUT2D eigenvalue weighted by molar-refractivity contribution is 7.09. The lowest BCUT2D eigenvalue weighted by molar-refractivity contribution is 0.201. The molecule has 106 valence electrons. The summed E-state index contributed by atoms with van der Waals surface area (Å²) in [7, 11) is 1.70. The van der Waals surface area contributed by atoms with Crippen LogP contribution in [0.3, 0.4) is 0 Å². The van der Waals surface area contributed by atoms with Crippen LogP contribution in [0.5, 0.6) is 0 Å². The van der Waals surface area contributed by atoms with E-state index in [-0.39, 0.29) is 0 Å². The fourth-order valence-electron chi connectivity index (χ4n) is 2.26. The van der Waals surface area contributed by atoms with Gasteiger partial charge in [-0.3, -0.25) is 0 Å². The topological polar surface area (TPSA) is 47.0 Å². The van der Waals surface area contributed by atoms with Crippen molar-refractivity contribution in [1.82, 2.24) is 9.36 Å². The maximum absolute atomic E-state index is 5.02. The van der Waals surface area contributed by atoms with Crippen LogP contribution in [0.1, 0.15) is 44.3 Å². The summed E-state index contributed by atoms with van der Waals surface area (Å²) in [4.78, 5) is 4.45. The molecular formula is C14H23N3OS. The van der Waals surface area contributed by atoms with Gasteiger partial charge in [-0.15, -0.1) is 0 Å². The Morgan fingerprint density at radius 1 is 1.32 bits per heavy atom. The second kappa shape index (κ2) is 8.27. The van der Waals surface area contributed by atoms with Crippen molar-refractivity contribution in [1.29, 1.82) is 0 Å². The first-order chi connectivity index (χ1) is 9.38. The normalized spacial score (nSPS) is 15.9. The van der Waals surface area contributed by atoms with Gasteiger partial charge in [0.05, 0.1) is 6.61 Å². The van der Waals surface area contributed by atoms with E-state index in [9.17, 15) is 0 Å². The van der Waals surface area contributed by atoms with Gasteiger partial charge >= 0.3 is 0 Å². The Balaban J connectivity index is 1.70. The molecule has 0 fully saturated rings. The average molecular weight is 281 g/mol. The van der Waals surface area contributed by atoms with Gasteiger partial charge in [0.25, 0.3) is 0 Å². The summed E-state index contributed by atoms with van der Waals surface area (Å²) in [5.41, 5.74) is 1.61. The van der Waals surface area contributed by atoms with Crippen molar-refractivity contribution in [2.45, 2.75) is 44.9 Å². The lowest BCUT2D eigenvalue weighted by atomic mass is 10.1. The first-order valence-corrected chi connectivity index (χ1v) is 7.89. The molecule has 1 heterocycles. The molecule has 2 rings (SSSR count). The van der Waals surface area contributed by atoms with Gasteiger partial charge < -0.3 is 10.1 Å². The van der Waals surface area contributed by atoms with Gasteiger partial charge in [-0.05, 0) is 32.1 Å². The largest absolute Gasteiger partial charge is 0.384 e. The Bertz CT molecular complexity index is 403. The zero-order chi connectivity index (χ0) is 13.3. The molecule has 0 saturated heterocycles. The third-order valence-electron chi connectivity index (χ3n) is 3.36. The molecule has 4 nitrogen and oxygen atoms in total. The Morgan fingerprint density at radius 2 is 2.26 bits per heavy atom. The Kier molecular flexibility index (Phi) is 6.30. The molecule has 1 aliphatic rings. The summed E-state index contributed by atoms with van der Waals surface area (Å²) in [6.07, 6.45) is 11.0. The van der Waals surface area contributed by atoms with Crippen molar-refractivity contribution < 1.29 is 4.74 Å². The van der Waals surface area contributed by atoms with Crippen LogP contribution in [0.4, 0.5) is 5.13 Å². The van der Waals surface area contributed by atoms with E-state index in [2.05, 4.69) is 20.8 Å². The molecule has 0 amide bonds. The number of rotatable bonds is 7. The average Bonchev–Trinajstić information content (AvgIpc) is 2.71. The highest BCUT2D eigenvalue weighted by Gasteiger charge is 2.05. The fraction of sp³-hybridized carbons (Fsp3) is 0.714. The smallest absolute Gasteiger partial charge is 0.202 e. The van der Waals surface area contributed by atoms with Crippen LogP contribution in [-0.4, -0.2) is 29.6 Å². The number of nitrogens with one attached hydrogen (secondary N) is 1. The Hall–Kier alpha value is -0.940. The maximum Gasteiger partial charge on any atom is 0.202 e. The van der Waals surface area contributed by atoms with Crippen molar-refractivity contribution in [3.8, 4) is 0 Å². The zero-order valence-corrected chi connectivity index (χ0v) is 12.5. The third kappa shape index (κ3) is 5.28. The molecule has 1 aromatic rings. The first-order valence-electron chi connectivity index (χ1n) is 7.12. The van der Waals surface area contributed by atoms with E-state index in [1.807, 2.05) is 0 Å². The van der Waals surface area contributed by atoms with Gasteiger partial charge in [-0.2, -0.15) is 4.37 Å². The molecule has 1 N–H and O–H groups in total. The maximum atomic E-state index is 5.02. The lowest BCUT2D eigenvalue weighted by Gasteiger charge is -2.05. The number of anilines is 1. The quantitative estimate of drug-likeness (QED) is 0.778. The minimum absolute atomic E-state index is 0.684. The number of hydrogen-bond acceptors (Lipinski definition) is 5. The van der Waals surface area contributed by atoms with Crippen LogP contribution in [0, 0.1) is 0 Å². The van der Waals surface area contributed by atoms with Crippen molar-refractivity contribution in [3.05, 3.63) is 17.5 Å². The molecule has 1 aromatic heterocycles. The van der Waals surface area contributed by atoms with Crippen LogP contribution < -0.4 is 5.32 Å². The van der Waals surface area contributed by atoms with Gasteiger partial charge in [-0.25, -0.2) is 4.98 Å². The molecular weight excluding hydrogens is 258 g/mol. The van der Waals surface area contributed by atoms with Gasteiger partial charge in [-0.1, -0.05) is 18.1 Å². The van der Waals surface area contributed by atoms with Gasteiger partial charge in [0.1, 0.15) is 5.82 Å². The van der Waals surface area contributed by atoms with E-state index in [4.69, 9.17) is 4.74 Å². The van der Waals surface area contributed by atoms with Crippen LogP contribution in [0.2, 0.25) is 0 Å². The molecule has 0 aliphatic heterocycles. The second-order valence-corrected chi connectivity index (χ2v) is 5.65. The lowest BCUT2D eigenvalue weighted by Crippen LogP contribution is -2.03. The minimum Gasteiger partial charge on any atom is -0.384 e. The number of methoxy groups -OCH3 is 1. The standard InChI is InChI=1S/C14H23N3OS/c1-18-11-9-13-16-14(19-17-13)15-10-8-12-6-4-2-3-5-7-12/h6H,2-5,7-11H2,1H3,(H,15,16,17). The molecule has 0 saturated carbocycles. The second-order valence-electron chi connectivity index (χ2n) is 4.90. The highest BCUT2D eigenvalue weighted by atomic mass is 32.1. The van der Waals surface area contributed by atoms with E-state index in [1.165, 1.54) is 43.6 Å². The van der Waals surface area contributed by atoms with Crippen molar-refractivity contribution in [2.24, 2.45) is 0 Å². The molecule has 19 heavy (non-hydrogen) atoms. The summed E-state index contributed by atoms with van der Waals surface area (Å²) in [5.74, 6) is 0.878. The van der Waals surface area contributed by atoms with Crippen molar-refractivity contribution in [3.63, 3.8) is 0 Å². The Labute approximate surface area is 119 Å². The first kappa shape index (κ1) is 14.5. The molecule has 0 unspecified atom stereocenters. The number of aromatic nitrogens is 2. The molecule has 0 atom stereocenters. The van der Waals surface area contributed by atoms with Crippen LogP contribution in [0.15, 0.2) is 11.6 Å². The Morgan fingerprint density at radius 3 is 3.16 bits per heavy atom. The number of allylic oxidation sites excluding steroid dienone is 1. The molecule has 0 aromatic carbocycles. The third-order valence-corrected chi connectivity index (χ3v) is 4.07. The van der Waals surface area contributed by atoms with E-state index >= 15 is 0 Å². The summed E-state index contributed by atoms with van der Waals surface area (Å²) in [5, 5.41) is 4.30. The number of nitrogens with zero attached hydrogens (tertiary/aromatic N) is 2. The van der Waals surface area contributed by atoms with Gasteiger partial charge in [0.2, 0.25) is 5.13 Å². The summed E-state index contributed by atoms with van der Waals surface area (Å²) in [6.45, 7) is 1.65. The summed E-state index contributed by atoms with van der Waals surface area (Å²) in [6, 6.07) is 0. The highest BCUT2D eigenvalue weighted by Crippen LogP contribution is 2.20. The molecule has 1 aliphatic carbocycles. The molecule has 0 spiro atoms. The van der Waals surface area contributed by atoms with Gasteiger partial charge in [0.15, 0.2) is 0 Å². The summed E-state index contributed by atoms with van der Waals surface area (Å²) < 4.78 is 9.33. The van der Waals surface area contributed by atoms with Crippen molar-refractivity contribution >= 4 is 16.7 Å². The fourth-order valence-corrected chi connectivity index (χ4v) is 2.90. The van der Waals surface area contributed by atoms with Crippen LogP contribution in [0.25, 0.3) is 0 Å². The zero-order valence-electron chi connectivity index (χ0n) is 11.7. The monoisotopic (exact) mass is 281 g/mol. The summed E-state index contributed by atoms with van der Waals surface area (Å²) >= 11 is 1.44. The molecule has 0 bridgehead atoms. The minimum atomic E-state index is 0.684. The van der Waals surface area contributed by atoms with Gasteiger partial charge in [0, 0.05) is 31.6 Å². The van der Waals surface area contributed by atoms with Crippen LogP contribution in [-0.2, 0) is 11.2 Å². The van der Waals surface area contributed by atoms with E-state index in [1.54, 1.807) is 12.7 Å². The van der Waals surface area contributed by atoms with Crippen molar-refractivity contribution in [2.75, 3.05) is 25.6 Å². The number of ether oxygens (including phenoxy) is 1. The SMILES string of the molecule is COCCc1nsc(NCCC2=CCCCCC2)n1. The predicted octanol–water partition coefficient (Wildman–Crippen LogP) is 3.42. The van der Waals surface area contributed by atoms with Crippen LogP contribution >= 0.6 is 11.5 Å². The molecule has 0 radical (unpaired) electrons. The van der Waals surface area contributed by atoms with E-state index in [0.717, 1.165) is 30.3 Å². The predicted molar refractivity (Wildman–Crippen MR) is 79.8 cm³/mol. The molecule has 5 heteroatoms.